The van der Waals surface area contributed by atoms with E-state index >= 15 is 0 Å². The Morgan fingerprint density at radius 1 is 1.08 bits per heavy atom. The van der Waals surface area contributed by atoms with Crippen LogP contribution in [0.2, 0.25) is 0 Å². The molecule has 0 bridgehead atoms. The van der Waals surface area contributed by atoms with Gasteiger partial charge in [0.1, 0.15) is 5.82 Å². The minimum Gasteiger partial charge on any atom is -0.353 e. The van der Waals surface area contributed by atoms with Gasteiger partial charge in [-0.1, -0.05) is 30.3 Å². The number of aryl methyl sites for hydroxylation is 1. The van der Waals surface area contributed by atoms with E-state index in [0.717, 1.165) is 24.5 Å². The molecule has 1 fully saturated rings. The standard InChI is InChI=1S/C19H24N4O/c1-15-7-3-4-8-17(15)16(2)21-19(24)23-13-11-22(12-14-23)18-9-5-6-10-20-18/h3-10,16H,11-14H2,1-2H3,(H,21,24). The molecule has 1 aliphatic heterocycles. The molecule has 1 aromatic heterocycles. The number of aromatic nitrogens is 1. The number of carbonyl (C=O) groups excluding carboxylic acids is 1. The molecule has 24 heavy (non-hydrogen) atoms. The summed E-state index contributed by atoms with van der Waals surface area (Å²) in [5.74, 6) is 0.978. The van der Waals surface area contributed by atoms with Gasteiger partial charge in [-0.15, -0.1) is 0 Å². The quantitative estimate of drug-likeness (QED) is 0.944. The van der Waals surface area contributed by atoms with E-state index < -0.39 is 0 Å². The lowest BCUT2D eigenvalue weighted by Crippen LogP contribution is -2.52. The molecular formula is C19H24N4O. The van der Waals surface area contributed by atoms with Crippen molar-refractivity contribution in [2.75, 3.05) is 31.1 Å². The highest BCUT2D eigenvalue weighted by molar-refractivity contribution is 5.75. The third kappa shape index (κ3) is 3.67. The molecule has 0 saturated carbocycles. The Bertz CT molecular complexity index is 681. The molecule has 0 spiro atoms. The van der Waals surface area contributed by atoms with Crippen molar-refractivity contribution >= 4 is 11.8 Å². The van der Waals surface area contributed by atoms with Crippen LogP contribution in [0.25, 0.3) is 0 Å². The fourth-order valence-electron chi connectivity index (χ4n) is 3.11. The zero-order chi connectivity index (χ0) is 16.9. The summed E-state index contributed by atoms with van der Waals surface area (Å²) in [5, 5.41) is 3.11. The highest BCUT2D eigenvalue weighted by Gasteiger charge is 2.23. The van der Waals surface area contributed by atoms with Crippen molar-refractivity contribution in [3.63, 3.8) is 0 Å². The van der Waals surface area contributed by atoms with Crippen molar-refractivity contribution in [3.05, 3.63) is 59.8 Å². The molecule has 1 aromatic carbocycles. The Labute approximate surface area is 143 Å². The van der Waals surface area contributed by atoms with E-state index in [-0.39, 0.29) is 12.1 Å². The summed E-state index contributed by atoms with van der Waals surface area (Å²) in [4.78, 5) is 21.0. The molecule has 5 nitrogen and oxygen atoms in total. The van der Waals surface area contributed by atoms with Gasteiger partial charge in [-0.2, -0.15) is 0 Å². The van der Waals surface area contributed by atoms with Gasteiger partial charge in [0, 0.05) is 32.4 Å². The van der Waals surface area contributed by atoms with Crippen molar-refractivity contribution < 1.29 is 4.79 Å². The number of anilines is 1. The first-order valence-corrected chi connectivity index (χ1v) is 8.42. The van der Waals surface area contributed by atoms with Crippen molar-refractivity contribution in [2.45, 2.75) is 19.9 Å². The van der Waals surface area contributed by atoms with E-state index in [1.54, 1.807) is 6.20 Å². The van der Waals surface area contributed by atoms with Crippen LogP contribution in [0.3, 0.4) is 0 Å². The van der Waals surface area contributed by atoms with Crippen LogP contribution in [0.15, 0.2) is 48.7 Å². The molecule has 0 radical (unpaired) electrons. The number of carbonyl (C=O) groups is 1. The van der Waals surface area contributed by atoms with E-state index in [2.05, 4.69) is 34.3 Å². The number of hydrogen-bond donors (Lipinski definition) is 1. The second-order valence-corrected chi connectivity index (χ2v) is 6.19. The van der Waals surface area contributed by atoms with Crippen molar-refractivity contribution in [3.8, 4) is 0 Å². The van der Waals surface area contributed by atoms with E-state index in [0.29, 0.717) is 13.1 Å². The van der Waals surface area contributed by atoms with Crippen molar-refractivity contribution in [2.24, 2.45) is 0 Å². The molecule has 0 aliphatic carbocycles. The van der Waals surface area contributed by atoms with Gasteiger partial charge >= 0.3 is 6.03 Å². The number of pyridine rings is 1. The Kier molecular flexibility index (Phi) is 4.99. The number of benzene rings is 1. The molecular weight excluding hydrogens is 300 g/mol. The summed E-state index contributed by atoms with van der Waals surface area (Å²) in [7, 11) is 0. The summed E-state index contributed by atoms with van der Waals surface area (Å²) in [6.07, 6.45) is 1.80. The highest BCUT2D eigenvalue weighted by Crippen LogP contribution is 2.18. The van der Waals surface area contributed by atoms with Gasteiger partial charge < -0.3 is 15.1 Å². The van der Waals surface area contributed by atoms with Crippen LogP contribution >= 0.6 is 0 Å². The zero-order valence-electron chi connectivity index (χ0n) is 14.3. The van der Waals surface area contributed by atoms with Crippen LogP contribution in [0.4, 0.5) is 10.6 Å². The van der Waals surface area contributed by atoms with Crippen molar-refractivity contribution in [1.29, 1.82) is 0 Å². The van der Waals surface area contributed by atoms with Gasteiger partial charge in [-0.3, -0.25) is 0 Å². The number of amides is 2. The van der Waals surface area contributed by atoms with Crippen molar-refractivity contribution in [1.82, 2.24) is 15.2 Å². The predicted molar refractivity (Wildman–Crippen MR) is 96.1 cm³/mol. The van der Waals surface area contributed by atoms with Crippen LogP contribution in [0.5, 0.6) is 0 Å². The molecule has 1 N–H and O–H groups in total. The molecule has 1 saturated heterocycles. The van der Waals surface area contributed by atoms with Gasteiger partial charge in [0.05, 0.1) is 6.04 Å². The maximum atomic E-state index is 12.5. The third-order valence-electron chi connectivity index (χ3n) is 4.54. The number of piperazine rings is 1. The Morgan fingerprint density at radius 2 is 1.79 bits per heavy atom. The van der Waals surface area contributed by atoms with Crippen LogP contribution in [-0.2, 0) is 0 Å². The summed E-state index contributed by atoms with van der Waals surface area (Å²) in [5.41, 5.74) is 2.36. The van der Waals surface area contributed by atoms with Gasteiger partial charge in [0.15, 0.2) is 0 Å². The lowest BCUT2D eigenvalue weighted by Gasteiger charge is -2.36. The summed E-state index contributed by atoms with van der Waals surface area (Å²) < 4.78 is 0. The molecule has 2 heterocycles. The van der Waals surface area contributed by atoms with E-state index in [9.17, 15) is 4.79 Å². The lowest BCUT2D eigenvalue weighted by molar-refractivity contribution is 0.191. The maximum Gasteiger partial charge on any atom is 0.317 e. The maximum absolute atomic E-state index is 12.5. The Balaban J connectivity index is 1.55. The SMILES string of the molecule is Cc1ccccc1C(C)NC(=O)N1CCN(c2ccccn2)CC1. The van der Waals surface area contributed by atoms with Gasteiger partial charge in [0.2, 0.25) is 0 Å². The molecule has 2 amide bonds. The molecule has 1 atom stereocenters. The fraction of sp³-hybridized carbons (Fsp3) is 0.368. The topological polar surface area (TPSA) is 48.5 Å². The van der Waals surface area contributed by atoms with Gasteiger partial charge in [0.25, 0.3) is 0 Å². The number of rotatable bonds is 3. The van der Waals surface area contributed by atoms with Crippen LogP contribution in [-0.4, -0.2) is 42.1 Å². The minimum atomic E-state index is 0.00595. The van der Waals surface area contributed by atoms with E-state index in [4.69, 9.17) is 0 Å². The average Bonchev–Trinajstić information content (AvgIpc) is 2.63. The Hall–Kier alpha value is -2.56. The number of urea groups is 1. The molecule has 2 aromatic rings. The third-order valence-corrected chi connectivity index (χ3v) is 4.54. The molecule has 5 heteroatoms. The largest absolute Gasteiger partial charge is 0.353 e. The highest BCUT2D eigenvalue weighted by atomic mass is 16.2. The first kappa shape index (κ1) is 16.3. The molecule has 3 rings (SSSR count). The fourth-order valence-corrected chi connectivity index (χ4v) is 3.11. The number of nitrogens with one attached hydrogen (secondary N) is 1. The number of hydrogen-bond acceptors (Lipinski definition) is 3. The first-order valence-electron chi connectivity index (χ1n) is 8.42. The second-order valence-electron chi connectivity index (χ2n) is 6.19. The van der Waals surface area contributed by atoms with E-state index in [1.165, 1.54) is 5.56 Å². The van der Waals surface area contributed by atoms with Crippen LogP contribution in [0, 0.1) is 6.92 Å². The Morgan fingerprint density at radius 3 is 2.46 bits per heavy atom. The predicted octanol–water partition coefficient (Wildman–Crippen LogP) is 2.98. The molecule has 126 valence electrons. The number of nitrogens with zero attached hydrogens (tertiary/aromatic N) is 3. The molecule has 1 unspecified atom stereocenters. The van der Waals surface area contributed by atoms with Gasteiger partial charge in [-0.05, 0) is 37.1 Å². The second kappa shape index (κ2) is 7.34. The normalized spacial score (nSPS) is 15.9. The summed E-state index contributed by atoms with van der Waals surface area (Å²) in [6.45, 7) is 7.14. The lowest BCUT2D eigenvalue weighted by atomic mass is 10.0. The molecule has 1 aliphatic rings. The minimum absolute atomic E-state index is 0.00595. The van der Waals surface area contributed by atoms with E-state index in [1.807, 2.05) is 42.2 Å². The average molecular weight is 324 g/mol. The monoisotopic (exact) mass is 324 g/mol. The summed E-state index contributed by atoms with van der Waals surface area (Å²) in [6, 6.07) is 14.1. The summed E-state index contributed by atoms with van der Waals surface area (Å²) >= 11 is 0. The van der Waals surface area contributed by atoms with Crippen LogP contribution < -0.4 is 10.2 Å². The van der Waals surface area contributed by atoms with Gasteiger partial charge in [-0.25, -0.2) is 9.78 Å². The smallest absolute Gasteiger partial charge is 0.317 e. The first-order chi connectivity index (χ1) is 11.6. The van der Waals surface area contributed by atoms with Crippen LogP contribution in [0.1, 0.15) is 24.1 Å². The zero-order valence-corrected chi connectivity index (χ0v) is 14.3.